The molecule has 8 heteroatoms. The molecule has 5 nitrogen and oxygen atoms in total. The van der Waals surface area contributed by atoms with E-state index in [4.69, 9.17) is 9.26 Å². The van der Waals surface area contributed by atoms with Crippen LogP contribution in [0.15, 0.2) is 47.0 Å². The van der Waals surface area contributed by atoms with Gasteiger partial charge in [-0.05, 0) is 68.7 Å². The van der Waals surface area contributed by atoms with Crippen LogP contribution in [-0.4, -0.2) is 17.6 Å². The number of carbonyl (C=O) groups is 1. The number of hydrogen-bond acceptors (Lipinski definition) is 4. The van der Waals surface area contributed by atoms with Gasteiger partial charge in [0.2, 0.25) is 0 Å². The third-order valence-corrected chi connectivity index (χ3v) is 5.42. The minimum Gasteiger partial charge on any atom is -0.489 e. The van der Waals surface area contributed by atoms with E-state index in [1.165, 1.54) is 11.0 Å². The van der Waals surface area contributed by atoms with Gasteiger partial charge in [0.25, 0.3) is 5.91 Å². The third kappa shape index (κ3) is 4.28. The number of halogens is 3. The van der Waals surface area contributed by atoms with Crippen molar-refractivity contribution in [3.05, 3.63) is 76.2 Å². The van der Waals surface area contributed by atoms with Gasteiger partial charge in [0.15, 0.2) is 0 Å². The van der Waals surface area contributed by atoms with Gasteiger partial charge in [-0.3, -0.25) is 4.79 Å². The zero-order chi connectivity index (χ0) is 22.2. The third-order valence-electron chi connectivity index (χ3n) is 5.42. The molecule has 2 aromatic carbocycles. The highest BCUT2D eigenvalue weighted by Crippen LogP contribution is 2.35. The molecule has 1 aliphatic rings. The molecule has 162 valence electrons. The van der Waals surface area contributed by atoms with E-state index in [1.807, 2.05) is 6.92 Å². The minimum absolute atomic E-state index is 0.256. The van der Waals surface area contributed by atoms with Crippen molar-refractivity contribution in [1.82, 2.24) is 5.16 Å². The van der Waals surface area contributed by atoms with Crippen LogP contribution in [0.1, 0.15) is 44.9 Å². The number of hydrogen-bond donors (Lipinski definition) is 0. The number of benzene rings is 2. The van der Waals surface area contributed by atoms with E-state index in [1.54, 1.807) is 31.2 Å². The minimum atomic E-state index is -4.41. The normalized spacial score (nSPS) is 13.8. The number of aromatic nitrogens is 1. The molecule has 1 amide bonds. The van der Waals surface area contributed by atoms with E-state index in [0.29, 0.717) is 47.7 Å². The number of aryl methyl sites for hydroxylation is 3. The summed E-state index contributed by atoms with van der Waals surface area (Å²) in [5.74, 6) is 0.909. The quantitative estimate of drug-likeness (QED) is 0.550. The molecule has 2 heterocycles. The summed E-state index contributed by atoms with van der Waals surface area (Å²) in [6.07, 6.45) is -3.31. The summed E-state index contributed by atoms with van der Waals surface area (Å²) in [6, 6.07) is 10.3. The average molecular weight is 430 g/mol. The van der Waals surface area contributed by atoms with E-state index >= 15 is 0 Å². The Labute approximate surface area is 177 Å². The predicted molar refractivity (Wildman–Crippen MR) is 108 cm³/mol. The van der Waals surface area contributed by atoms with Crippen LogP contribution < -0.4 is 9.64 Å². The number of alkyl halides is 3. The number of carbonyl (C=O) groups excluding carboxylic acids is 1. The second kappa shape index (κ2) is 8.09. The Kier molecular flexibility index (Phi) is 5.47. The Bertz CT molecular complexity index is 1100. The molecule has 0 fully saturated rings. The van der Waals surface area contributed by atoms with Crippen LogP contribution in [0.3, 0.4) is 0 Å². The van der Waals surface area contributed by atoms with Crippen molar-refractivity contribution in [2.24, 2.45) is 0 Å². The van der Waals surface area contributed by atoms with Crippen LogP contribution in [-0.2, 0) is 19.2 Å². The van der Waals surface area contributed by atoms with Crippen LogP contribution in [0.25, 0.3) is 0 Å². The Balaban J connectivity index is 1.55. The highest BCUT2D eigenvalue weighted by molar-refractivity contribution is 6.07. The first-order valence-corrected chi connectivity index (χ1v) is 9.90. The number of rotatable bonds is 4. The summed E-state index contributed by atoms with van der Waals surface area (Å²) in [4.78, 5) is 14.7. The van der Waals surface area contributed by atoms with Gasteiger partial charge in [-0.25, -0.2) is 0 Å². The summed E-state index contributed by atoms with van der Waals surface area (Å²) in [6.45, 7) is 4.33. The molecular formula is C23H21F3N2O3. The SMILES string of the molecule is Cc1noc(C)c1COc1cccc(C(=O)N2CCCc3cc(C(F)(F)F)ccc32)c1. The zero-order valence-electron chi connectivity index (χ0n) is 17.1. The highest BCUT2D eigenvalue weighted by Gasteiger charge is 2.32. The van der Waals surface area contributed by atoms with Gasteiger partial charge < -0.3 is 14.2 Å². The van der Waals surface area contributed by atoms with E-state index in [-0.39, 0.29) is 12.5 Å². The Morgan fingerprint density at radius 1 is 1.19 bits per heavy atom. The standard InChI is InChI=1S/C23H21F3N2O3/c1-14-20(15(2)31-27-14)13-30-19-7-3-5-17(12-19)22(29)28-10-4-6-16-11-18(23(24,25)26)8-9-21(16)28/h3,5,7-9,11-12H,4,6,10,13H2,1-2H3. The second-order valence-electron chi connectivity index (χ2n) is 7.52. The van der Waals surface area contributed by atoms with Gasteiger partial charge in [0.1, 0.15) is 18.1 Å². The van der Waals surface area contributed by atoms with Crippen molar-refractivity contribution in [2.45, 2.75) is 39.5 Å². The smallest absolute Gasteiger partial charge is 0.416 e. The highest BCUT2D eigenvalue weighted by atomic mass is 19.4. The first-order chi connectivity index (χ1) is 14.7. The molecule has 1 aromatic heterocycles. The van der Waals surface area contributed by atoms with E-state index in [9.17, 15) is 18.0 Å². The number of anilines is 1. The average Bonchev–Trinajstić information content (AvgIpc) is 3.07. The molecule has 0 radical (unpaired) electrons. The van der Waals surface area contributed by atoms with Crippen LogP contribution in [0, 0.1) is 13.8 Å². The Hall–Kier alpha value is -3.29. The van der Waals surface area contributed by atoms with Crippen molar-refractivity contribution in [2.75, 3.05) is 11.4 Å². The molecule has 0 aliphatic carbocycles. The van der Waals surface area contributed by atoms with Crippen molar-refractivity contribution in [1.29, 1.82) is 0 Å². The Morgan fingerprint density at radius 2 is 2.00 bits per heavy atom. The van der Waals surface area contributed by atoms with Crippen molar-refractivity contribution in [3.63, 3.8) is 0 Å². The van der Waals surface area contributed by atoms with E-state index in [0.717, 1.165) is 23.4 Å². The van der Waals surface area contributed by atoms with E-state index in [2.05, 4.69) is 5.16 Å². The molecule has 0 bridgehead atoms. The Morgan fingerprint density at radius 3 is 2.71 bits per heavy atom. The molecule has 4 rings (SSSR count). The molecule has 0 spiro atoms. The lowest BCUT2D eigenvalue weighted by Crippen LogP contribution is -2.35. The predicted octanol–water partition coefficient (Wildman–Crippen LogP) is 5.48. The summed E-state index contributed by atoms with van der Waals surface area (Å²) >= 11 is 0. The number of nitrogens with zero attached hydrogens (tertiary/aromatic N) is 2. The summed E-state index contributed by atoms with van der Waals surface area (Å²) in [5.41, 5.74) is 2.35. The molecule has 0 saturated carbocycles. The maximum Gasteiger partial charge on any atom is 0.416 e. The number of amides is 1. The fraction of sp³-hybridized carbons (Fsp3) is 0.304. The second-order valence-corrected chi connectivity index (χ2v) is 7.52. The summed E-state index contributed by atoms with van der Waals surface area (Å²) < 4.78 is 50.1. The number of ether oxygens (including phenoxy) is 1. The fourth-order valence-electron chi connectivity index (χ4n) is 3.72. The number of fused-ring (bicyclic) bond motifs is 1. The van der Waals surface area contributed by atoms with Crippen molar-refractivity contribution in [3.8, 4) is 5.75 Å². The molecule has 0 saturated heterocycles. The molecule has 31 heavy (non-hydrogen) atoms. The largest absolute Gasteiger partial charge is 0.489 e. The van der Waals surface area contributed by atoms with Gasteiger partial charge in [0.05, 0.1) is 16.8 Å². The van der Waals surface area contributed by atoms with Crippen LogP contribution >= 0.6 is 0 Å². The maximum absolute atomic E-state index is 13.2. The zero-order valence-corrected chi connectivity index (χ0v) is 17.1. The lowest BCUT2D eigenvalue weighted by Gasteiger charge is -2.30. The molecule has 0 atom stereocenters. The molecule has 0 unspecified atom stereocenters. The molecule has 0 N–H and O–H groups in total. The van der Waals surface area contributed by atoms with Gasteiger partial charge in [-0.2, -0.15) is 13.2 Å². The van der Waals surface area contributed by atoms with E-state index < -0.39 is 11.7 Å². The topological polar surface area (TPSA) is 55.6 Å². The van der Waals surface area contributed by atoms with Gasteiger partial charge in [-0.1, -0.05) is 11.2 Å². The first-order valence-electron chi connectivity index (χ1n) is 9.90. The van der Waals surface area contributed by atoms with Crippen molar-refractivity contribution >= 4 is 11.6 Å². The maximum atomic E-state index is 13.2. The molecule has 1 aliphatic heterocycles. The lowest BCUT2D eigenvalue weighted by atomic mass is 9.98. The van der Waals surface area contributed by atoms with Gasteiger partial charge in [0, 0.05) is 17.8 Å². The first kappa shape index (κ1) is 21.0. The van der Waals surface area contributed by atoms with Gasteiger partial charge >= 0.3 is 6.18 Å². The lowest BCUT2D eigenvalue weighted by molar-refractivity contribution is -0.137. The summed E-state index contributed by atoms with van der Waals surface area (Å²) in [7, 11) is 0. The molecule has 3 aromatic rings. The fourth-order valence-corrected chi connectivity index (χ4v) is 3.72. The summed E-state index contributed by atoms with van der Waals surface area (Å²) in [5, 5.41) is 3.89. The van der Waals surface area contributed by atoms with Gasteiger partial charge in [-0.15, -0.1) is 0 Å². The molecular weight excluding hydrogens is 409 g/mol. The van der Waals surface area contributed by atoms with Crippen molar-refractivity contribution < 1.29 is 27.2 Å². The van der Waals surface area contributed by atoms with Crippen LogP contribution in [0.2, 0.25) is 0 Å². The monoisotopic (exact) mass is 430 g/mol. The van der Waals surface area contributed by atoms with Crippen LogP contribution in [0.5, 0.6) is 5.75 Å². The van der Waals surface area contributed by atoms with Crippen LogP contribution in [0.4, 0.5) is 18.9 Å².